The van der Waals surface area contributed by atoms with Crippen LogP contribution >= 0.6 is 0 Å². The first kappa shape index (κ1) is 6.39. The zero-order chi connectivity index (χ0) is 6.69. The second kappa shape index (κ2) is 2.71. The third-order valence-corrected chi connectivity index (χ3v) is 1.40. The maximum Gasteiger partial charge on any atom is 0.380 e. The molecule has 0 bridgehead atoms. The van der Waals surface area contributed by atoms with Gasteiger partial charge in [0.1, 0.15) is 6.10 Å². The third kappa shape index (κ3) is 1.59. The molecule has 1 atom stereocenters. The van der Waals surface area contributed by atoms with Gasteiger partial charge in [-0.05, 0) is 6.42 Å². The van der Waals surface area contributed by atoms with Gasteiger partial charge in [-0.15, -0.1) is 0 Å². The van der Waals surface area contributed by atoms with Crippen LogP contribution in [0.1, 0.15) is 19.8 Å². The molecule has 0 radical (unpaired) electrons. The maximum atomic E-state index is 6.98. The molecule has 1 aliphatic heterocycles. The Morgan fingerprint density at radius 2 is 2.56 bits per heavy atom. The highest BCUT2D eigenvalue weighted by Crippen LogP contribution is 2.09. The lowest BCUT2D eigenvalue weighted by Gasteiger charge is -2.22. The summed E-state index contributed by atoms with van der Waals surface area (Å²) < 4.78 is 9.77. The average Bonchev–Trinajstić information content (AvgIpc) is 1.88. The van der Waals surface area contributed by atoms with Gasteiger partial charge in [0.2, 0.25) is 0 Å². The molecule has 1 unspecified atom stereocenters. The van der Waals surface area contributed by atoms with Gasteiger partial charge in [-0.3, -0.25) is 0 Å². The Kier molecular flexibility index (Phi) is 1.92. The SMILES string of the molecule is CCC1CCOC(=N)O1. The summed E-state index contributed by atoms with van der Waals surface area (Å²) in [7, 11) is 0. The molecule has 0 aromatic carbocycles. The summed E-state index contributed by atoms with van der Waals surface area (Å²) in [5, 5.41) is 6.98. The Labute approximate surface area is 54.5 Å². The van der Waals surface area contributed by atoms with Crippen LogP contribution in [-0.4, -0.2) is 18.8 Å². The molecular weight excluding hydrogens is 118 g/mol. The van der Waals surface area contributed by atoms with Crippen molar-refractivity contribution in [1.82, 2.24) is 0 Å². The van der Waals surface area contributed by atoms with Crippen molar-refractivity contribution in [2.45, 2.75) is 25.9 Å². The lowest BCUT2D eigenvalue weighted by Crippen LogP contribution is -2.26. The van der Waals surface area contributed by atoms with E-state index in [4.69, 9.17) is 14.9 Å². The van der Waals surface area contributed by atoms with Crippen LogP contribution in [0.5, 0.6) is 0 Å². The van der Waals surface area contributed by atoms with E-state index in [1.54, 1.807) is 0 Å². The fraction of sp³-hybridized carbons (Fsp3) is 0.833. The van der Waals surface area contributed by atoms with E-state index in [2.05, 4.69) is 0 Å². The molecule has 3 heteroatoms. The van der Waals surface area contributed by atoms with E-state index in [0.717, 1.165) is 12.8 Å². The van der Waals surface area contributed by atoms with Gasteiger partial charge >= 0.3 is 6.08 Å². The fourth-order valence-corrected chi connectivity index (χ4v) is 0.815. The highest BCUT2D eigenvalue weighted by atomic mass is 16.7. The molecule has 0 saturated carbocycles. The maximum absolute atomic E-state index is 6.98. The molecular formula is C6H11NO2. The van der Waals surface area contributed by atoms with Crippen LogP contribution in [-0.2, 0) is 9.47 Å². The lowest BCUT2D eigenvalue weighted by atomic mass is 10.2. The third-order valence-electron chi connectivity index (χ3n) is 1.40. The molecule has 1 aliphatic rings. The predicted octanol–water partition coefficient (Wildman–Crippen LogP) is 1.14. The summed E-state index contributed by atoms with van der Waals surface area (Å²) >= 11 is 0. The Morgan fingerprint density at radius 3 is 3.00 bits per heavy atom. The van der Waals surface area contributed by atoms with Crippen molar-refractivity contribution in [3.05, 3.63) is 0 Å². The molecule has 1 N–H and O–H groups in total. The number of ether oxygens (including phenoxy) is 2. The molecule has 9 heavy (non-hydrogen) atoms. The van der Waals surface area contributed by atoms with Crippen LogP contribution in [0, 0.1) is 5.41 Å². The van der Waals surface area contributed by atoms with Gasteiger partial charge in [0.05, 0.1) is 6.61 Å². The molecule has 1 rings (SSSR count). The molecule has 0 aromatic heterocycles. The van der Waals surface area contributed by atoms with Crippen molar-refractivity contribution in [3.63, 3.8) is 0 Å². The topological polar surface area (TPSA) is 42.3 Å². The summed E-state index contributed by atoms with van der Waals surface area (Å²) in [6.45, 7) is 2.68. The van der Waals surface area contributed by atoms with E-state index in [0.29, 0.717) is 6.61 Å². The van der Waals surface area contributed by atoms with Crippen molar-refractivity contribution in [2.75, 3.05) is 6.61 Å². The highest BCUT2D eigenvalue weighted by Gasteiger charge is 2.16. The zero-order valence-corrected chi connectivity index (χ0v) is 5.52. The van der Waals surface area contributed by atoms with Crippen LogP contribution in [0.15, 0.2) is 0 Å². The van der Waals surface area contributed by atoms with Crippen LogP contribution in [0.4, 0.5) is 0 Å². The van der Waals surface area contributed by atoms with Crippen LogP contribution in [0.2, 0.25) is 0 Å². The number of hydrogen-bond acceptors (Lipinski definition) is 3. The second-order valence-electron chi connectivity index (χ2n) is 2.07. The van der Waals surface area contributed by atoms with Crippen molar-refractivity contribution in [2.24, 2.45) is 0 Å². The van der Waals surface area contributed by atoms with Crippen LogP contribution in [0.25, 0.3) is 0 Å². The molecule has 1 saturated heterocycles. The smallest absolute Gasteiger partial charge is 0.380 e. The summed E-state index contributed by atoms with van der Waals surface area (Å²) in [5.74, 6) is 0. The van der Waals surface area contributed by atoms with E-state index < -0.39 is 0 Å². The van der Waals surface area contributed by atoms with Gasteiger partial charge in [0.25, 0.3) is 0 Å². The summed E-state index contributed by atoms with van der Waals surface area (Å²) in [6.07, 6.45) is 2.07. The molecule has 52 valence electrons. The lowest BCUT2D eigenvalue weighted by molar-refractivity contribution is 0.0376. The quantitative estimate of drug-likeness (QED) is 0.576. The summed E-state index contributed by atoms with van der Waals surface area (Å²) in [6, 6.07) is 0. The van der Waals surface area contributed by atoms with Crippen LogP contribution in [0.3, 0.4) is 0 Å². The molecule has 1 fully saturated rings. The van der Waals surface area contributed by atoms with Crippen molar-refractivity contribution in [3.8, 4) is 0 Å². The Morgan fingerprint density at radius 1 is 1.78 bits per heavy atom. The zero-order valence-electron chi connectivity index (χ0n) is 5.52. The molecule has 0 aliphatic carbocycles. The summed E-state index contributed by atoms with van der Waals surface area (Å²) in [5.41, 5.74) is 0. The van der Waals surface area contributed by atoms with E-state index in [9.17, 15) is 0 Å². The van der Waals surface area contributed by atoms with Gasteiger partial charge < -0.3 is 9.47 Å². The fourth-order valence-electron chi connectivity index (χ4n) is 0.815. The Balaban J connectivity index is 2.32. The van der Waals surface area contributed by atoms with Gasteiger partial charge in [-0.25, -0.2) is 5.41 Å². The van der Waals surface area contributed by atoms with E-state index in [1.807, 2.05) is 6.92 Å². The minimum Gasteiger partial charge on any atom is -0.451 e. The Bertz CT molecular complexity index is 114. The summed E-state index contributed by atoms with van der Waals surface area (Å²) in [4.78, 5) is 0. The second-order valence-corrected chi connectivity index (χ2v) is 2.07. The van der Waals surface area contributed by atoms with Gasteiger partial charge in [0, 0.05) is 6.42 Å². The Hall–Kier alpha value is -0.730. The molecule has 0 spiro atoms. The average molecular weight is 129 g/mol. The minimum atomic E-state index is -0.0203. The minimum absolute atomic E-state index is 0.0203. The molecule has 0 amide bonds. The van der Waals surface area contributed by atoms with Crippen molar-refractivity contribution < 1.29 is 9.47 Å². The predicted molar refractivity (Wildman–Crippen MR) is 33.5 cm³/mol. The van der Waals surface area contributed by atoms with Gasteiger partial charge in [-0.2, -0.15) is 0 Å². The van der Waals surface area contributed by atoms with E-state index >= 15 is 0 Å². The number of rotatable bonds is 1. The molecule has 1 heterocycles. The van der Waals surface area contributed by atoms with E-state index in [-0.39, 0.29) is 12.2 Å². The first-order chi connectivity index (χ1) is 4.33. The largest absolute Gasteiger partial charge is 0.451 e. The first-order valence-corrected chi connectivity index (χ1v) is 3.21. The van der Waals surface area contributed by atoms with E-state index in [1.165, 1.54) is 0 Å². The number of hydrogen-bond donors (Lipinski definition) is 1. The highest BCUT2D eigenvalue weighted by molar-refractivity contribution is 5.63. The van der Waals surface area contributed by atoms with Gasteiger partial charge in [0.15, 0.2) is 0 Å². The van der Waals surface area contributed by atoms with Crippen molar-refractivity contribution >= 4 is 6.08 Å². The van der Waals surface area contributed by atoms with Gasteiger partial charge in [-0.1, -0.05) is 6.92 Å². The first-order valence-electron chi connectivity index (χ1n) is 3.21. The normalized spacial score (nSPS) is 26.8. The molecule has 3 nitrogen and oxygen atoms in total. The number of nitrogens with one attached hydrogen (secondary N) is 1. The monoisotopic (exact) mass is 129 g/mol. The van der Waals surface area contributed by atoms with Crippen LogP contribution < -0.4 is 0 Å². The van der Waals surface area contributed by atoms with Crippen molar-refractivity contribution in [1.29, 1.82) is 5.41 Å². The molecule has 0 aromatic rings. The standard InChI is InChI=1S/C6H11NO2/c1-2-5-3-4-8-6(7)9-5/h5,7H,2-4H2,1H3.